The third-order valence-electron chi connectivity index (χ3n) is 4.91. The molecule has 1 amide bonds. The van der Waals surface area contributed by atoms with Gasteiger partial charge in [-0.25, -0.2) is 0 Å². The molecule has 0 bridgehead atoms. The molecule has 3 aromatic rings. The molecule has 0 spiro atoms. The molecule has 1 aliphatic rings. The van der Waals surface area contributed by atoms with Crippen LogP contribution in [-0.4, -0.2) is 40.3 Å². The Kier molecular flexibility index (Phi) is 4.05. The van der Waals surface area contributed by atoms with Gasteiger partial charge in [-0.2, -0.15) is 5.10 Å². The first kappa shape index (κ1) is 15.9. The minimum atomic E-state index is -0.0922. The lowest BCUT2D eigenvalue weighted by atomic mass is 10.1. The van der Waals surface area contributed by atoms with Crippen LogP contribution in [0.2, 0.25) is 0 Å². The van der Waals surface area contributed by atoms with Crippen molar-refractivity contribution in [3.63, 3.8) is 0 Å². The quantitative estimate of drug-likeness (QED) is 0.736. The van der Waals surface area contributed by atoms with E-state index < -0.39 is 0 Å². The van der Waals surface area contributed by atoms with Crippen LogP contribution in [0, 0.1) is 6.92 Å². The number of aromatic nitrogens is 2. The number of amides is 1. The molecule has 2 aromatic heterocycles. The molecule has 0 fully saturated rings. The second-order valence-corrected chi connectivity index (χ2v) is 6.43. The Morgan fingerprint density at radius 1 is 1.36 bits per heavy atom. The van der Waals surface area contributed by atoms with E-state index in [0.29, 0.717) is 18.9 Å². The highest BCUT2D eigenvalue weighted by molar-refractivity contribution is 5.99. The van der Waals surface area contributed by atoms with E-state index in [1.165, 1.54) is 0 Å². The molecule has 0 saturated heterocycles. The summed E-state index contributed by atoms with van der Waals surface area (Å²) in [5.74, 6) is 0.320. The van der Waals surface area contributed by atoms with Crippen molar-refractivity contribution in [2.45, 2.75) is 32.5 Å². The van der Waals surface area contributed by atoms with E-state index >= 15 is 0 Å². The number of aryl methyl sites for hydroxylation is 2. The van der Waals surface area contributed by atoms with E-state index in [0.717, 1.165) is 35.2 Å². The van der Waals surface area contributed by atoms with E-state index in [1.807, 2.05) is 46.8 Å². The Morgan fingerprint density at radius 2 is 2.20 bits per heavy atom. The number of carbonyl (C=O) groups is 1. The van der Waals surface area contributed by atoms with Gasteiger partial charge < -0.3 is 14.1 Å². The zero-order chi connectivity index (χ0) is 17.4. The highest BCUT2D eigenvalue weighted by atomic mass is 16.5. The third-order valence-corrected chi connectivity index (χ3v) is 4.91. The van der Waals surface area contributed by atoms with Crippen LogP contribution < -0.4 is 0 Å². The van der Waals surface area contributed by atoms with Crippen LogP contribution >= 0.6 is 0 Å². The first-order valence-corrected chi connectivity index (χ1v) is 8.47. The Labute approximate surface area is 146 Å². The standard InChI is InChI=1S/C19H21N3O3/c1-13-16-5-3-4-6-17(16)25-18(13)19(23)21-11-14-7-9-20-22(14)10-8-15(21)12-24-2/h3-7,9,15H,8,10-12H2,1-2H3/t15-/m1/s1. The van der Waals surface area contributed by atoms with Crippen LogP contribution in [0.15, 0.2) is 40.9 Å². The first-order chi connectivity index (χ1) is 12.2. The van der Waals surface area contributed by atoms with Crippen molar-refractivity contribution in [3.05, 3.63) is 53.5 Å². The molecule has 25 heavy (non-hydrogen) atoms. The van der Waals surface area contributed by atoms with Gasteiger partial charge >= 0.3 is 0 Å². The third kappa shape index (κ3) is 2.72. The number of nitrogens with zero attached hydrogens (tertiary/aromatic N) is 3. The lowest BCUT2D eigenvalue weighted by Crippen LogP contribution is -2.41. The zero-order valence-corrected chi connectivity index (χ0v) is 14.4. The maximum absolute atomic E-state index is 13.3. The lowest BCUT2D eigenvalue weighted by Gasteiger charge is -2.28. The Bertz CT molecular complexity index is 912. The van der Waals surface area contributed by atoms with Gasteiger partial charge in [0.25, 0.3) is 5.91 Å². The summed E-state index contributed by atoms with van der Waals surface area (Å²) in [6, 6.07) is 9.70. The SMILES string of the molecule is COC[C@H]1CCn2nccc2CN1C(=O)c1oc2ccccc2c1C. The van der Waals surface area contributed by atoms with Gasteiger partial charge in [0.15, 0.2) is 5.76 Å². The Morgan fingerprint density at radius 3 is 3.00 bits per heavy atom. The first-order valence-electron chi connectivity index (χ1n) is 8.47. The van der Waals surface area contributed by atoms with Crippen LogP contribution in [0.3, 0.4) is 0 Å². The second-order valence-electron chi connectivity index (χ2n) is 6.43. The summed E-state index contributed by atoms with van der Waals surface area (Å²) in [4.78, 5) is 15.2. The molecule has 1 atom stereocenters. The summed E-state index contributed by atoms with van der Waals surface area (Å²) in [6.07, 6.45) is 2.58. The van der Waals surface area contributed by atoms with Gasteiger partial charge in [0.2, 0.25) is 0 Å². The van der Waals surface area contributed by atoms with Gasteiger partial charge in [-0.15, -0.1) is 0 Å². The summed E-state index contributed by atoms with van der Waals surface area (Å²) in [5.41, 5.74) is 2.65. The molecule has 0 aliphatic carbocycles. The fourth-order valence-corrected chi connectivity index (χ4v) is 3.54. The molecular weight excluding hydrogens is 318 g/mol. The lowest BCUT2D eigenvalue weighted by molar-refractivity contribution is 0.0475. The molecule has 0 saturated carbocycles. The maximum Gasteiger partial charge on any atom is 0.290 e. The van der Waals surface area contributed by atoms with Crippen LogP contribution in [0.25, 0.3) is 11.0 Å². The summed E-state index contributed by atoms with van der Waals surface area (Å²) in [6.45, 7) is 3.71. The van der Waals surface area contributed by atoms with Gasteiger partial charge in [-0.1, -0.05) is 18.2 Å². The monoisotopic (exact) mass is 339 g/mol. The van der Waals surface area contributed by atoms with Crippen molar-refractivity contribution < 1.29 is 13.9 Å². The molecule has 1 aliphatic heterocycles. The van der Waals surface area contributed by atoms with E-state index in [2.05, 4.69) is 5.10 Å². The number of carbonyl (C=O) groups excluding carboxylic acids is 1. The predicted octanol–water partition coefficient (Wildman–Crippen LogP) is 3.00. The van der Waals surface area contributed by atoms with Crippen molar-refractivity contribution in [2.24, 2.45) is 0 Å². The highest BCUT2D eigenvalue weighted by Gasteiger charge is 2.31. The van der Waals surface area contributed by atoms with Gasteiger partial charge in [0.1, 0.15) is 5.58 Å². The van der Waals surface area contributed by atoms with Crippen molar-refractivity contribution in [1.29, 1.82) is 0 Å². The Balaban J connectivity index is 1.73. The van der Waals surface area contributed by atoms with E-state index in [1.54, 1.807) is 13.3 Å². The van der Waals surface area contributed by atoms with Gasteiger partial charge in [-0.05, 0) is 25.5 Å². The molecule has 130 valence electrons. The number of para-hydroxylation sites is 1. The average Bonchev–Trinajstić information content (AvgIpc) is 3.16. The molecule has 0 radical (unpaired) electrons. The predicted molar refractivity (Wildman–Crippen MR) is 93.3 cm³/mol. The van der Waals surface area contributed by atoms with Crippen LogP contribution in [0.4, 0.5) is 0 Å². The van der Waals surface area contributed by atoms with Crippen molar-refractivity contribution >= 4 is 16.9 Å². The van der Waals surface area contributed by atoms with E-state index in [-0.39, 0.29) is 11.9 Å². The smallest absolute Gasteiger partial charge is 0.290 e. The fourth-order valence-electron chi connectivity index (χ4n) is 3.54. The van der Waals surface area contributed by atoms with Crippen LogP contribution in [0.1, 0.15) is 28.2 Å². The number of rotatable bonds is 3. The highest BCUT2D eigenvalue weighted by Crippen LogP contribution is 2.28. The minimum Gasteiger partial charge on any atom is -0.451 e. The molecule has 1 aromatic carbocycles. The minimum absolute atomic E-state index is 0.00758. The summed E-state index contributed by atoms with van der Waals surface area (Å²) in [5, 5.41) is 5.33. The summed E-state index contributed by atoms with van der Waals surface area (Å²) in [7, 11) is 1.67. The average molecular weight is 339 g/mol. The van der Waals surface area contributed by atoms with Gasteiger partial charge in [-0.3, -0.25) is 9.48 Å². The maximum atomic E-state index is 13.3. The zero-order valence-electron chi connectivity index (χ0n) is 14.4. The van der Waals surface area contributed by atoms with Crippen LogP contribution in [-0.2, 0) is 17.8 Å². The van der Waals surface area contributed by atoms with E-state index in [9.17, 15) is 4.79 Å². The summed E-state index contributed by atoms with van der Waals surface area (Å²) < 4.78 is 13.2. The number of hydrogen-bond acceptors (Lipinski definition) is 4. The summed E-state index contributed by atoms with van der Waals surface area (Å²) >= 11 is 0. The number of hydrogen-bond donors (Lipinski definition) is 0. The second kappa shape index (κ2) is 6.37. The fraction of sp³-hybridized carbons (Fsp3) is 0.368. The Hall–Kier alpha value is -2.60. The number of benzene rings is 1. The van der Waals surface area contributed by atoms with Crippen molar-refractivity contribution in [1.82, 2.24) is 14.7 Å². The van der Waals surface area contributed by atoms with Gasteiger partial charge in [0, 0.05) is 30.8 Å². The van der Waals surface area contributed by atoms with Crippen molar-refractivity contribution in [2.75, 3.05) is 13.7 Å². The molecule has 6 nitrogen and oxygen atoms in total. The van der Waals surface area contributed by atoms with Crippen molar-refractivity contribution in [3.8, 4) is 0 Å². The molecule has 3 heterocycles. The number of fused-ring (bicyclic) bond motifs is 2. The molecule has 0 unspecified atom stereocenters. The molecule has 4 rings (SSSR count). The molecular formula is C19H21N3O3. The molecule has 0 N–H and O–H groups in total. The number of ether oxygens (including phenoxy) is 1. The number of methoxy groups -OCH3 is 1. The van der Waals surface area contributed by atoms with E-state index in [4.69, 9.17) is 9.15 Å². The van der Waals surface area contributed by atoms with Gasteiger partial charge in [0.05, 0.1) is 24.9 Å². The number of furan rings is 1. The van der Waals surface area contributed by atoms with Crippen LogP contribution in [0.5, 0.6) is 0 Å². The molecule has 6 heteroatoms. The normalized spacial score (nSPS) is 17.5. The topological polar surface area (TPSA) is 60.5 Å². The largest absolute Gasteiger partial charge is 0.451 e.